The molecule has 0 aromatic heterocycles. The zero-order valence-electron chi connectivity index (χ0n) is 17.9. The van der Waals surface area contributed by atoms with Crippen LogP contribution in [0.3, 0.4) is 0 Å². The van der Waals surface area contributed by atoms with E-state index < -0.39 is 39.2 Å². The van der Waals surface area contributed by atoms with Gasteiger partial charge in [0.05, 0.1) is 7.11 Å². The molecule has 29 heavy (non-hydrogen) atoms. The van der Waals surface area contributed by atoms with Crippen LogP contribution in [0.25, 0.3) is 0 Å². The van der Waals surface area contributed by atoms with E-state index in [0.29, 0.717) is 25.8 Å². The first kappa shape index (κ1) is 27.9. The molecule has 8 nitrogen and oxygen atoms in total. The van der Waals surface area contributed by atoms with E-state index >= 15 is 0 Å². The average Bonchev–Trinajstić information content (AvgIpc) is 2.53. The van der Waals surface area contributed by atoms with Crippen LogP contribution in [0.5, 0.6) is 0 Å². The van der Waals surface area contributed by atoms with E-state index in [1.807, 2.05) is 0 Å². The van der Waals surface area contributed by atoms with Crippen LogP contribution >= 0.6 is 34.8 Å². The summed E-state index contributed by atoms with van der Waals surface area (Å²) in [5, 5.41) is 2.50. The minimum Gasteiger partial charge on any atom is -0.467 e. The number of carbonyl (C=O) groups is 3. The molecule has 0 saturated heterocycles. The minimum absolute atomic E-state index is 0.314. The third-order valence-corrected chi connectivity index (χ3v) is 5.12. The lowest BCUT2D eigenvalue weighted by atomic mass is 10.1. The summed E-state index contributed by atoms with van der Waals surface area (Å²) < 4.78 is 13.3. The third kappa shape index (κ3) is 11.0. The van der Waals surface area contributed by atoms with Gasteiger partial charge in [0, 0.05) is 13.6 Å². The fraction of sp³-hybridized carbons (Fsp3) is 0.833. The van der Waals surface area contributed by atoms with Crippen molar-refractivity contribution in [1.29, 1.82) is 0 Å². The molecule has 0 radical (unpaired) electrons. The first-order chi connectivity index (χ1) is 13.0. The number of methoxy groups -OCH3 is 1. The second-order valence-corrected chi connectivity index (χ2v) is 10.3. The molecular weight excluding hydrogens is 447 g/mol. The van der Waals surface area contributed by atoms with E-state index in [0.717, 1.165) is 0 Å². The highest BCUT2D eigenvalue weighted by Gasteiger charge is 2.44. The summed E-state index contributed by atoms with van der Waals surface area (Å²) in [5.41, 5.74) is -2.00. The zero-order valence-corrected chi connectivity index (χ0v) is 20.2. The Hall–Kier alpha value is -1.12. The maximum atomic E-state index is 12.1. The number of ether oxygens (including phenoxy) is 3. The lowest BCUT2D eigenvalue weighted by Crippen LogP contribution is -2.45. The topological polar surface area (TPSA) is 94.2 Å². The van der Waals surface area contributed by atoms with E-state index in [1.165, 1.54) is 25.9 Å². The van der Waals surface area contributed by atoms with Crippen LogP contribution in [0, 0.1) is 0 Å². The second kappa shape index (κ2) is 11.3. The van der Waals surface area contributed by atoms with Crippen molar-refractivity contribution < 1.29 is 28.6 Å². The summed E-state index contributed by atoms with van der Waals surface area (Å²) in [4.78, 5) is 37.3. The number of alkyl halides is 3. The number of rotatable bonds is 8. The number of unbranched alkanes of at least 4 members (excludes halogenated alkanes) is 1. The fourth-order valence-electron chi connectivity index (χ4n) is 1.98. The van der Waals surface area contributed by atoms with Gasteiger partial charge < -0.3 is 24.4 Å². The van der Waals surface area contributed by atoms with Gasteiger partial charge in [-0.05, 0) is 53.9 Å². The second-order valence-electron chi connectivity index (χ2n) is 8.02. The Balaban J connectivity index is 4.56. The van der Waals surface area contributed by atoms with Crippen LogP contribution in [0.4, 0.5) is 9.59 Å². The van der Waals surface area contributed by atoms with Crippen LogP contribution in [-0.2, 0) is 19.0 Å². The van der Waals surface area contributed by atoms with E-state index in [4.69, 9.17) is 49.0 Å². The molecule has 0 rings (SSSR count). The maximum absolute atomic E-state index is 12.1. The Morgan fingerprint density at radius 2 is 1.55 bits per heavy atom. The highest BCUT2D eigenvalue weighted by atomic mass is 35.6. The Kier molecular flexibility index (Phi) is 10.9. The summed E-state index contributed by atoms with van der Waals surface area (Å²) in [6.45, 7) is 8.50. The van der Waals surface area contributed by atoms with Gasteiger partial charge in [-0.15, -0.1) is 0 Å². The number of hydrogen-bond acceptors (Lipinski definition) is 6. The van der Waals surface area contributed by atoms with Gasteiger partial charge in [-0.1, -0.05) is 34.8 Å². The van der Waals surface area contributed by atoms with Crippen molar-refractivity contribution in [3.05, 3.63) is 0 Å². The molecule has 0 aliphatic heterocycles. The van der Waals surface area contributed by atoms with Crippen molar-refractivity contribution in [3.63, 3.8) is 0 Å². The molecule has 0 aliphatic carbocycles. The number of amides is 2. The van der Waals surface area contributed by atoms with Crippen molar-refractivity contribution in [2.45, 2.75) is 74.9 Å². The van der Waals surface area contributed by atoms with Crippen LogP contribution in [0.2, 0.25) is 0 Å². The van der Waals surface area contributed by atoms with Gasteiger partial charge in [0.15, 0.2) is 5.60 Å². The van der Waals surface area contributed by atoms with Gasteiger partial charge in [0.25, 0.3) is 0 Å². The average molecular weight is 478 g/mol. The van der Waals surface area contributed by atoms with E-state index in [1.54, 1.807) is 27.8 Å². The van der Waals surface area contributed by atoms with Crippen LogP contribution in [0.15, 0.2) is 0 Å². The Bertz CT molecular complexity index is 573. The van der Waals surface area contributed by atoms with Gasteiger partial charge in [0.2, 0.25) is 3.79 Å². The molecule has 0 bridgehead atoms. The highest BCUT2D eigenvalue weighted by molar-refractivity contribution is 6.68. The zero-order chi connectivity index (χ0) is 23.0. The number of hydrogen-bond donors (Lipinski definition) is 1. The van der Waals surface area contributed by atoms with Crippen molar-refractivity contribution in [2.75, 3.05) is 20.7 Å². The van der Waals surface area contributed by atoms with Crippen LogP contribution in [-0.4, -0.2) is 64.8 Å². The number of carbonyl (C=O) groups excluding carboxylic acids is 3. The molecule has 0 aromatic rings. The first-order valence-electron chi connectivity index (χ1n) is 9.08. The van der Waals surface area contributed by atoms with Gasteiger partial charge in [0.1, 0.15) is 11.6 Å². The van der Waals surface area contributed by atoms with Crippen molar-refractivity contribution in [1.82, 2.24) is 10.2 Å². The molecular formula is C18H31Cl3N2O6. The number of nitrogens with one attached hydrogen (secondary N) is 1. The van der Waals surface area contributed by atoms with Crippen molar-refractivity contribution >= 4 is 53.0 Å². The number of alkyl carbamates (subject to hydrolysis) is 1. The molecule has 0 aliphatic rings. The fourth-order valence-corrected chi connectivity index (χ4v) is 2.10. The van der Waals surface area contributed by atoms with Gasteiger partial charge in [-0.2, -0.15) is 0 Å². The lowest BCUT2D eigenvalue weighted by Gasteiger charge is -2.33. The number of nitrogens with zero attached hydrogens (tertiary/aromatic N) is 1. The SMILES string of the molecule is COC(=O)[C@H](CCCCN(C)C(=O)OC(C)(C)C(Cl)(Cl)Cl)NC(=O)OC(C)(C)C. The summed E-state index contributed by atoms with van der Waals surface area (Å²) >= 11 is 17.4. The van der Waals surface area contributed by atoms with E-state index in [-0.39, 0.29) is 0 Å². The molecule has 0 fully saturated rings. The summed E-state index contributed by atoms with van der Waals surface area (Å²) in [6.07, 6.45) is 0.0407. The largest absolute Gasteiger partial charge is 0.467 e. The summed E-state index contributed by atoms with van der Waals surface area (Å²) in [7, 11) is 2.79. The van der Waals surface area contributed by atoms with Gasteiger partial charge >= 0.3 is 18.2 Å². The Morgan fingerprint density at radius 1 is 1.00 bits per heavy atom. The van der Waals surface area contributed by atoms with Crippen LogP contribution in [0.1, 0.15) is 53.9 Å². The molecule has 1 N–H and O–H groups in total. The third-order valence-electron chi connectivity index (χ3n) is 3.75. The molecule has 0 spiro atoms. The predicted octanol–water partition coefficient (Wildman–Crippen LogP) is 4.44. The quantitative estimate of drug-likeness (QED) is 0.240. The van der Waals surface area contributed by atoms with Crippen molar-refractivity contribution in [2.24, 2.45) is 0 Å². The summed E-state index contributed by atoms with van der Waals surface area (Å²) in [5.74, 6) is -0.576. The molecule has 0 heterocycles. The van der Waals surface area contributed by atoms with Crippen LogP contribution < -0.4 is 5.32 Å². The minimum atomic E-state index is -1.77. The standard InChI is InChI=1S/C18H31Cl3N2O6/c1-16(2,3)28-14(25)22-12(13(24)27-7)10-8-9-11-23(6)15(26)29-17(4,5)18(19,20)21/h12H,8-11H2,1-7H3,(H,22,25)/t12-/m0/s1. The Morgan fingerprint density at radius 3 is 2.00 bits per heavy atom. The van der Waals surface area contributed by atoms with Gasteiger partial charge in [-0.25, -0.2) is 14.4 Å². The molecule has 2 amide bonds. The molecule has 1 atom stereocenters. The lowest BCUT2D eigenvalue weighted by molar-refractivity contribution is -0.143. The first-order valence-corrected chi connectivity index (χ1v) is 10.2. The van der Waals surface area contributed by atoms with E-state index in [2.05, 4.69) is 5.32 Å². The Labute approximate surface area is 187 Å². The van der Waals surface area contributed by atoms with E-state index in [9.17, 15) is 14.4 Å². The molecule has 170 valence electrons. The normalized spacial score (nSPS) is 13.3. The highest BCUT2D eigenvalue weighted by Crippen LogP contribution is 2.40. The molecule has 0 aromatic carbocycles. The number of halogens is 3. The molecule has 0 saturated carbocycles. The number of esters is 1. The van der Waals surface area contributed by atoms with Gasteiger partial charge in [-0.3, -0.25) is 0 Å². The van der Waals surface area contributed by atoms with Crippen molar-refractivity contribution in [3.8, 4) is 0 Å². The predicted molar refractivity (Wildman–Crippen MR) is 113 cm³/mol. The monoisotopic (exact) mass is 476 g/mol. The maximum Gasteiger partial charge on any atom is 0.410 e. The smallest absolute Gasteiger partial charge is 0.410 e. The summed E-state index contributed by atoms with van der Waals surface area (Å²) in [6, 6.07) is -0.851. The molecule has 11 heteroatoms. The molecule has 0 unspecified atom stereocenters.